The number of anilines is 3. The molecule has 0 saturated heterocycles. The van der Waals surface area contributed by atoms with Crippen molar-refractivity contribution in [2.45, 2.75) is 6.18 Å². The number of alkyl halides is 3. The number of nitrogens with one attached hydrogen (secondary N) is 1. The average Bonchev–Trinajstić information content (AvgIpc) is 2.35. The second-order valence-corrected chi connectivity index (χ2v) is 3.74. The quantitative estimate of drug-likeness (QED) is 0.834. The molecule has 2 rings (SSSR count). The third-order valence-corrected chi connectivity index (χ3v) is 2.30. The van der Waals surface area contributed by atoms with Crippen LogP contribution in [0.5, 0.6) is 0 Å². The highest BCUT2D eigenvalue weighted by atomic mass is 19.4. The number of nitrogen functional groups attached to an aromatic ring is 1. The number of aromatic nitrogens is 2. The van der Waals surface area contributed by atoms with Crippen LogP contribution in [0.3, 0.4) is 0 Å². The molecule has 20 heavy (non-hydrogen) atoms. The summed E-state index contributed by atoms with van der Waals surface area (Å²) >= 11 is 0. The molecule has 0 atom stereocenters. The Hall–Kier alpha value is -2.45. The van der Waals surface area contributed by atoms with Gasteiger partial charge in [-0.25, -0.2) is 13.8 Å². The molecule has 0 spiro atoms. The van der Waals surface area contributed by atoms with E-state index in [1.807, 2.05) is 0 Å². The summed E-state index contributed by atoms with van der Waals surface area (Å²) in [6.07, 6.45) is -4.09. The molecule has 1 aromatic heterocycles. The molecule has 0 aliphatic rings. The number of benzene rings is 1. The van der Waals surface area contributed by atoms with Crippen molar-refractivity contribution < 1.29 is 22.0 Å². The van der Waals surface area contributed by atoms with E-state index in [4.69, 9.17) is 5.73 Å². The Bertz CT molecular complexity index is 641. The zero-order valence-corrected chi connectivity index (χ0v) is 9.67. The molecule has 9 heteroatoms. The monoisotopic (exact) mass is 290 g/mol. The summed E-state index contributed by atoms with van der Waals surface area (Å²) in [4.78, 5) is 6.85. The van der Waals surface area contributed by atoms with Crippen LogP contribution in [0.2, 0.25) is 0 Å². The predicted molar refractivity (Wildman–Crippen MR) is 61.1 cm³/mol. The lowest BCUT2D eigenvalue weighted by Gasteiger charge is -2.11. The minimum absolute atomic E-state index is 0.185. The first-order valence-corrected chi connectivity index (χ1v) is 5.19. The molecule has 1 heterocycles. The van der Waals surface area contributed by atoms with E-state index in [1.54, 1.807) is 0 Å². The Morgan fingerprint density at radius 3 is 2.45 bits per heavy atom. The summed E-state index contributed by atoms with van der Waals surface area (Å²) in [5.74, 6) is -2.99. The molecule has 3 N–H and O–H groups in total. The van der Waals surface area contributed by atoms with Crippen LogP contribution < -0.4 is 11.1 Å². The van der Waals surface area contributed by atoms with Crippen molar-refractivity contribution in [1.82, 2.24) is 9.97 Å². The second-order valence-electron chi connectivity index (χ2n) is 3.74. The van der Waals surface area contributed by atoms with Crippen molar-refractivity contribution in [3.8, 4) is 0 Å². The molecule has 0 unspecified atom stereocenters. The second kappa shape index (κ2) is 4.91. The smallest absolute Gasteiger partial charge is 0.368 e. The summed E-state index contributed by atoms with van der Waals surface area (Å²) in [7, 11) is 0. The highest BCUT2D eigenvalue weighted by Gasteiger charge is 2.34. The molecule has 0 bridgehead atoms. The maximum atomic E-state index is 13.3. The number of rotatable bonds is 2. The van der Waals surface area contributed by atoms with Crippen LogP contribution in [0.1, 0.15) is 5.56 Å². The standard InChI is InChI=1S/C11H7F5N4/c12-7-2-1-5(3-6(7)11(14,15)16)19-9-8(13)4-18-10(17)20-9/h1-4H,(H3,17,18,19,20). The largest absolute Gasteiger partial charge is 0.419 e. The van der Waals surface area contributed by atoms with Crippen molar-refractivity contribution >= 4 is 17.5 Å². The molecular weight excluding hydrogens is 283 g/mol. The third kappa shape index (κ3) is 2.92. The van der Waals surface area contributed by atoms with Gasteiger partial charge in [0.25, 0.3) is 0 Å². The molecule has 0 aliphatic carbocycles. The number of hydrogen-bond donors (Lipinski definition) is 2. The van der Waals surface area contributed by atoms with Gasteiger partial charge >= 0.3 is 6.18 Å². The lowest BCUT2D eigenvalue weighted by Crippen LogP contribution is -2.09. The SMILES string of the molecule is Nc1ncc(F)c(Nc2ccc(F)c(C(F)(F)F)c2)n1. The summed E-state index contributed by atoms with van der Waals surface area (Å²) in [5, 5.41) is 2.28. The van der Waals surface area contributed by atoms with Gasteiger partial charge < -0.3 is 11.1 Å². The molecule has 0 radical (unpaired) electrons. The van der Waals surface area contributed by atoms with E-state index in [2.05, 4.69) is 15.3 Å². The van der Waals surface area contributed by atoms with Gasteiger partial charge in [0.15, 0.2) is 11.6 Å². The molecule has 2 aromatic rings. The lowest BCUT2D eigenvalue weighted by molar-refractivity contribution is -0.139. The number of hydrogen-bond acceptors (Lipinski definition) is 4. The van der Waals surface area contributed by atoms with Crippen LogP contribution in [0, 0.1) is 11.6 Å². The fourth-order valence-corrected chi connectivity index (χ4v) is 1.43. The van der Waals surface area contributed by atoms with Gasteiger partial charge in [0.1, 0.15) is 5.82 Å². The van der Waals surface area contributed by atoms with Gasteiger partial charge in [0, 0.05) is 5.69 Å². The van der Waals surface area contributed by atoms with Crippen molar-refractivity contribution in [2.75, 3.05) is 11.1 Å². The topological polar surface area (TPSA) is 63.8 Å². The third-order valence-electron chi connectivity index (χ3n) is 2.30. The summed E-state index contributed by atoms with van der Waals surface area (Å²) in [6.45, 7) is 0. The maximum absolute atomic E-state index is 13.3. The maximum Gasteiger partial charge on any atom is 0.419 e. The van der Waals surface area contributed by atoms with Crippen molar-refractivity contribution in [3.63, 3.8) is 0 Å². The van der Waals surface area contributed by atoms with Crippen LogP contribution in [-0.4, -0.2) is 9.97 Å². The van der Waals surface area contributed by atoms with Crippen LogP contribution in [0.25, 0.3) is 0 Å². The van der Waals surface area contributed by atoms with Crippen molar-refractivity contribution in [1.29, 1.82) is 0 Å². The molecular formula is C11H7F5N4. The normalized spacial score (nSPS) is 11.4. The minimum Gasteiger partial charge on any atom is -0.368 e. The summed E-state index contributed by atoms with van der Waals surface area (Å²) < 4.78 is 64.0. The van der Waals surface area contributed by atoms with E-state index < -0.39 is 29.2 Å². The first-order chi connectivity index (χ1) is 9.27. The highest BCUT2D eigenvalue weighted by Crippen LogP contribution is 2.33. The van der Waals surface area contributed by atoms with Crippen LogP contribution in [0.15, 0.2) is 24.4 Å². The van der Waals surface area contributed by atoms with E-state index in [1.165, 1.54) is 0 Å². The predicted octanol–water partition coefficient (Wildman–Crippen LogP) is 3.10. The van der Waals surface area contributed by atoms with Crippen LogP contribution in [-0.2, 0) is 6.18 Å². The molecule has 1 aromatic carbocycles. The number of nitrogens with two attached hydrogens (primary N) is 1. The zero-order chi connectivity index (χ0) is 14.9. The molecule has 0 amide bonds. The fraction of sp³-hybridized carbons (Fsp3) is 0.0909. The minimum atomic E-state index is -4.86. The number of nitrogens with zero attached hydrogens (tertiary/aromatic N) is 2. The van der Waals surface area contributed by atoms with Gasteiger partial charge in [0.05, 0.1) is 11.8 Å². The van der Waals surface area contributed by atoms with E-state index in [-0.39, 0.29) is 11.6 Å². The van der Waals surface area contributed by atoms with Gasteiger partial charge in [-0.3, -0.25) is 0 Å². The van der Waals surface area contributed by atoms with E-state index in [0.29, 0.717) is 12.1 Å². The van der Waals surface area contributed by atoms with Crippen molar-refractivity contribution in [2.24, 2.45) is 0 Å². The molecule has 4 nitrogen and oxygen atoms in total. The first-order valence-electron chi connectivity index (χ1n) is 5.19. The van der Waals surface area contributed by atoms with E-state index in [9.17, 15) is 22.0 Å². The zero-order valence-electron chi connectivity index (χ0n) is 9.67. The van der Waals surface area contributed by atoms with E-state index in [0.717, 1.165) is 12.3 Å². The fourth-order valence-electron chi connectivity index (χ4n) is 1.43. The molecule has 0 fully saturated rings. The van der Waals surface area contributed by atoms with Crippen LogP contribution >= 0.6 is 0 Å². The highest BCUT2D eigenvalue weighted by molar-refractivity contribution is 5.58. The van der Waals surface area contributed by atoms with Gasteiger partial charge in [-0.1, -0.05) is 0 Å². The first kappa shape index (κ1) is 14.0. The van der Waals surface area contributed by atoms with E-state index >= 15 is 0 Å². The lowest BCUT2D eigenvalue weighted by atomic mass is 10.2. The average molecular weight is 290 g/mol. The Morgan fingerprint density at radius 1 is 1.10 bits per heavy atom. The number of halogens is 5. The Balaban J connectivity index is 2.37. The van der Waals surface area contributed by atoms with Gasteiger partial charge in [-0.05, 0) is 18.2 Å². The summed E-state index contributed by atoms with van der Waals surface area (Å²) in [5.41, 5.74) is 3.58. The van der Waals surface area contributed by atoms with Gasteiger partial charge in [-0.2, -0.15) is 18.2 Å². The Morgan fingerprint density at radius 2 is 1.80 bits per heavy atom. The Kier molecular flexibility index (Phi) is 3.43. The molecule has 0 aliphatic heterocycles. The van der Waals surface area contributed by atoms with Gasteiger partial charge in [0.2, 0.25) is 5.95 Å². The molecule has 0 saturated carbocycles. The van der Waals surface area contributed by atoms with Crippen LogP contribution in [0.4, 0.5) is 39.4 Å². The van der Waals surface area contributed by atoms with Gasteiger partial charge in [-0.15, -0.1) is 0 Å². The molecule has 106 valence electrons. The van der Waals surface area contributed by atoms with Crippen molar-refractivity contribution in [3.05, 3.63) is 41.6 Å². The Labute approximate surface area is 109 Å². The summed E-state index contributed by atoms with van der Waals surface area (Å²) in [6, 6.07) is 2.14.